The van der Waals surface area contributed by atoms with Gasteiger partial charge in [0, 0.05) is 12.3 Å². The van der Waals surface area contributed by atoms with E-state index in [-0.39, 0.29) is 5.69 Å². The number of aromatic nitrogens is 2. The van der Waals surface area contributed by atoms with E-state index in [9.17, 15) is 9.18 Å². The number of nitrogen functional groups attached to an aromatic ring is 1. The Morgan fingerprint density at radius 2 is 2.17 bits per heavy atom. The largest absolute Gasteiger partial charge is 0.313 e. The summed E-state index contributed by atoms with van der Waals surface area (Å²) in [4.78, 5) is 15.8. The average Bonchev–Trinajstić information content (AvgIpc) is 2.85. The van der Waals surface area contributed by atoms with Crippen molar-refractivity contribution in [1.29, 1.82) is 0 Å². The number of carbonyl (C=O) groups excluding carboxylic acids is 1. The van der Waals surface area contributed by atoms with E-state index in [1.54, 1.807) is 28.8 Å². The van der Waals surface area contributed by atoms with Gasteiger partial charge in [0.2, 0.25) is 0 Å². The van der Waals surface area contributed by atoms with Gasteiger partial charge in [-0.3, -0.25) is 10.2 Å². The lowest BCUT2D eigenvalue weighted by molar-refractivity contribution is 0.0950. The number of fused-ring (bicyclic) bond motifs is 3. The van der Waals surface area contributed by atoms with Crippen LogP contribution in [0.4, 0.5) is 4.39 Å². The molecule has 0 bridgehead atoms. The second-order valence-electron chi connectivity index (χ2n) is 3.83. The van der Waals surface area contributed by atoms with Crippen LogP contribution in [0, 0.1) is 5.82 Å². The highest BCUT2D eigenvalue weighted by Crippen LogP contribution is 2.19. The number of halogens is 1. The number of carbonyl (C=O) groups is 1. The summed E-state index contributed by atoms with van der Waals surface area (Å²) in [6.45, 7) is 0. The second-order valence-corrected chi connectivity index (χ2v) is 3.83. The molecule has 3 rings (SSSR count). The van der Waals surface area contributed by atoms with E-state index in [0.717, 1.165) is 5.52 Å². The Labute approximate surface area is 101 Å². The summed E-state index contributed by atoms with van der Waals surface area (Å²) >= 11 is 0. The Bertz CT molecular complexity index is 765. The maximum Gasteiger partial charge on any atom is 0.285 e. The van der Waals surface area contributed by atoms with Gasteiger partial charge >= 0.3 is 0 Å². The summed E-state index contributed by atoms with van der Waals surface area (Å²) in [5.74, 6) is 4.20. The highest BCUT2D eigenvalue weighted by molar-refractivity contribution is 6.00. The molecule has 18 heavy (non-hydrogen) atoms. The Balaban J connectivity index is 2.47. The van der Waals surface area contributed by atoms with Gasteiger partial charge in [0.15, 0.2) is 5.69 Å². The number of hydrogen-bond acceptors (Lipinski definition) is 3. The Morgan fingerprint density at radius 3 is 2.94 bits per heavy atom. The van der Waals surface area contributed by atoms with Crippen LogP contribution in [0.15, 0.2) is 36.5 Å². The minimum absolute atomic E-state index is 0.167. The molecule has 2 aromatic heterocycles. The molecule has 0 saturated heterocycles. The summed E-state index contributed by atoms with van der Waals surface area (Å²) < 4.78 is 15.0. The highest BCUT2D eigenvalue weighted by atomic mass is 19.1. The zero-order chi connectivity index (χ0) is 12.7. The van der Waals surface area contributed by atoms with E-state index in [2.05, 4.69) is 4.98 Å². The van der Waals surface area contributed by atoms with Gasteiger partial charge < -0.3 is 4.40 Å². The highest BCUT2D eigenvalue weighted by Gasteiger charge is 2.14. The Hall–Kier alpha value is -2.47. The lowest BCUT2D eigenvalue weighted by Gasteiger charge is -2.07. The third kappa shape index (κ3) is 1.43. The molecule has 3 N–H and O–H groups in total. The van der Waals surface area contributed by atoms with Gasteiger partial charge in [0.05, 0.1) is 16.6 Å². The van der Waals surface area contributed by atoms with Crippen molar-refractivity contribution >= 4 is 22.5 Å². The fraction of sp³-hybridized carbons (Fsp3) is 0. The molecule has 0 saturated carbocycles. The SMILES string of the molecule is NNC(=O)c1nc2cc(F)ccc2n2cccc12. The number of amides is 1. The molecule has 3 aromatic rings. The fourth-order valence-corrected chi connectivity index (χ4v) is 1.99. The molecule has 0 spiro atoms. The number of nitrogens with zero attached hydrogens (tertiary/aromatic N) is 2. The Morgan fingerprint density at radius 1 is 1.33 bits per heavy atom. The van der Waals surface area contributed by atoms with E-state index in [0.29, 0.717) is 11.0 Å². The minimum atomic E-state index is -0.509. The van der Waals surface area contributed by atoms with Crippen LogP contribution >= 0.6 is 0 Å². The predicted molar refractivity (Wildman–Crippen MR) is 64.3 cm³/mol. The smallest absolute Gasteiger partial charge is 0.285 e. The number of nitrogens with two attached hydrogens (primary N) is 1. The van der Waals surface area contributed by atoms with E-state index >= 15 is 0 Å². The molecule has 0 fully saturated rings. The third-order valence-corrected chi connectivity index (χ3v) is 2.77. The molecule has 6 heteroatoms. The van der Waals surface area contributed by atoms with Crippen molar-refractivity contribution in [1.82, 2.24) is 14.8 Å². The molecule has 2 heterocycles. The van der Waals surface area contributed by atoms with Gasteiger partial charge in [-0.25, -0.2) is 15.2 Å². The summed E-state index contributed by atoms with van der Waals surface area (Å²) in [6, 6.07) is 7.79. The van der Waals surface area contributed by atoms with Crippen LogP contribution in [0.3, 0.4) is 0 Å². The van der Waals surface area contributed by atoms with Crippen molar-refractivity contribution in [3.63, 3.8) is 0 Å². The Kier molecular flexibility index (Phi) is 2.24. The van der Waals surface area contributed by atoms with E-state index in [1.807, 2.05) is 5.43 Å². The first-order chi connectivity index (χ1) is 8.70. The maximum absolute atomic E-state index is 13.2. The van der Waals surface area contributed by atoms with Crippen molar-refractivity contribution in [3.8, 4) is 0 Å². The van der Waals surface area contributed by atoms with Gasteiger partial charge in [0.1, 0.15) is 5.82 Å². The molecule has 0 atom stereocenters. The van der Waals surface area contributed by atoms with Gasteiger partial charge in [-0.1, -0.05) is 0 Å². The van der Waals surface area contributed by atoms with E-state index in [4.69, 9.17) is 5.84 Å². The van der Waals surface area contributed by atoms with Crippen molar-refractivity contribution in [2.75, 3.05) is 0 Å². The van der Waals surface area contributed by atoms with Crippen LogP contribution in [0.1, 0.15) is 10.5 Å². The van der Waals surface area contributed by atoms with Crippen LogP contribution in [0.25, 0.3) is 16.6 Å². The quantitative estimate of drug-likeness (QED) is 0.384. The number of nitrogens with one attached hydrogen (secondary N) is 1. The van der Waals surface area contributed by atoms with Crippen molar-refractivity contribution < 1.29 is 9.18 Å². The van der Waals surface area contributed by atoms with Crippen molar-refractivity contribution in [3.05, 3.63) is 48.0 Å². The first-order valence-corrected chi connectivity index (χ1v) is 5.28. The number of rotatable bonds is 1. The van der Waals surface area contributed by atoms with E-state index < -0.39 is 11.7 Å². The molecule has 90 valence electrons. The van der Waals surface area contributed by atoms with Crippen molar-refractivity contribution in [2.24, 2.45) is 5.84 Å². The third-order valence-electron chi connectivity index (χ3n) is 2.77. The van der Waals surface area contributed by atoms with Crippen LogP contribution in [-0.4, -0.2) is 15.3 Å². The average molecular weight is 244 g/mol. The molecule has 0 aliphatic carbocycles. The van der Waals surface area contributed by atoms with Gasteiger partial charge in [-0.05, 0) is 24.3 Å². The zero-order valence-corrected chi connectivity index (χ0v) is 9.22. The van der Waals surface area contributed by atoms with Gasteiger partial charge in [0.25, 0.3) is 5.91 Å². The van der Waals surface area contributed by atoms with Crippen LogP contribution in [-0.2, 0) is 0 Å². The van der Waals surface area contributed by atoms with Crippen molar-refractivity contribution in [2.45, 2.75) is 0 Å². The molecule has 5 nitrogen and oxygen atoms in total. The molecule has 0 radical (unpaired) electrons. The van der Waals surface area contributed by atoms with Crippen LogP contribution in [0.2, 0.25) is 0 Å². The normalized spacial score (nSPS) is 11.0. The van der Waals surface area contributed by atoms with E-state index in [1.165, 1.54) is 12.1 Å². The predicted octanol–water partition coefficient (Wildman–Crippen LogP) is 1.23. The molecule has 0 unspecified atom stereocenters. The lowest BCUT2D eigenvalue weighted by atomic mass is 10.2. The number of hydrogen-bond donors (Lipinski definition) is 2. The van der Waals surface area contributed by atoms with Crippen LogP contribution in [0.5, 0.6) is 0 Å². The first kappa shape index (κ1) is 10.7. The molecule has 0 aliphatic rings. The lowest BCUT2D eigenvalue weighted by Crippen LogP contribution is -2.31. The standard InChI is InChI=1S/C12H9FN4O/c13-7-3-4-9-8(6-7)15-11(12(18)16-14)10-2-1-5-17(9)10/h1-6H,14H2,(H,16,18). The van der Waals surface area contributed by atoms with Gasteiger partial charge in [-0.15, -0.1) is 0 Å². The number of benzene rings is 1. The molecule has 0 aliphatic heterocycles. The zero-order valence-electron chi connectivity index (χ0n) is 9.22. The van der Waals surface area contributed by atoms with Gasteiger partial charge in [-0.2, -0.15) is 0 Å². The monoisotopic (exact) mass is 244 g/mol. The summed E-state index contributed by atoms with van der Waals surface area (Å²) in [5, 5.41) is 0. The molecular weight excluding hydrogens is 235 g/mol. The maximum atomic E-state index is 13.2. The molecule has 1 amide bonds. The summed E-state index contributed by atoms with van der Waals surface area (Å²) in [7, 11) is 0. The fourth-order valence-electron chi connectivity index (χ4n) is 1.99. The summed E-state index contributed by atoms with van der Waals surface area (Å²) in [6.07, 6.45) is 1.78. The number of hydrazine groups is 1. The van der Waals surface area contributed by atoms with Crippen LogP contribution < -0.4 is 11.3 Å². The second kappa shape index (κ2) is 3.78. The summed E-state index contributed by atoms with van der Waals surface area (Å²) in [5.41, 5.74) is 3.95. The molecule has 1 aromatic carbocycles. The minimum Gasteiger partial charge on any atom is -0.313 e. The molecular formula is C12H9FN4O. The topological polar surface area (TPSA) is 72.4 Å². The first-order valence-electron chi connectivity index (χ1n) is 5.28.